The molecule has 0 radical (unpaired) electrons. The first-order valence-electron chi connectivity index (χ1n) is 5.75. The third-order valence-corrected chi connectivity index (χ3v) is 3.24. The molecule has 0 atom stereocenters. The van der Waals surface area contributed by atoms with Gasteiger partial charge in [0.1, 0.15) is 17.1 Å². The van der Waals surface area contributed by atoms with E-state index in [2.05, 4.69) is 9.97 Å². The van der Waals surface area contributed by atoms with E-state index in [0.29, 0.717) is 22.4 Å². The molecule has 3 nitrogen and oxygen atoms in total. The van der Waals surface area contributed by atoms with Gasteiger partial charge in [-0.25, -0.2) is 14.4 Å². The maximum absolute atomic E-state index is 13.1. The Morgan fingerprint density at radius 1 is 1.11 bits per heavy atom. The predicted molar refractivity (Wildman–Crippen MR) is 71.7 cm³/mol. The molecule has 0 aliphatic carbocycles. The summed E-state index contributed by atoms with van der Waals surface area (Å²) >= 11 is 6.09. The van der Waals surface area contributed by atoms with E-state index in [9.17, 15) is 4.39 Å². The molecule has 0 unspecified atom stereocenters. The summed E-state index contributed by atoms with van der Waals surface area (Å²) in [6.07, 6.45) is 0. The van der Waals surface area contributed by atoms with Gasteiger partial charge in [0.25, 0.3) is 0 Å². The van der Waals surface area contributed by atoms with Crippen molar-refractivity contribution in [3.63, 3.8) is 0 Å². The van der Waals surface area contributed by atoms with Crippen LogP contribution >= 0.6 is 11.6 Å². The van der Waals surface area contributed by atoms with Gasteiger partial charge in [0, 0.05) is 5.39 Å². The Bertz CT molecular complexity index is 782. The normalized spacial score (nSPS) is 11.2. The van der Waals surface area contributed by atoms with Crippen molar-refractivity contribution in [2.45, 2.75) is 13.8 Å². The minimum atomic E-state index is -0.308. The predicted octanol–water partition coefficient (Wildman–Crippen LogP) is 4.30. The molecule has 3 aromatic rings. The number of hydrogen-bond donors (Lipinski definition) is 0. The molecule has 2 aromatic heterocycles. The average molecular weight is 277 g/mol. The van der Waals surface area contributed by atoms with Crippen LogP contribution in [0, 0.1) is 19.7 Å². The van der Waals surface area contributed by atoms with E-state index in [1.54, 1.807) is 12.1 Å². The van der Waals surface area contributed by atoms with Crippen molar-refractivity contribution in [1.29, 1.82) is 0 Å². The first kappa shape index (κ1) is 12.1. The average Bonchev–Trinajstić information content (AvgIpc) is 2.76. The van der Waals surface area contributed by atoms with Gasteiger partial charge in [-0.05, 0) is 38.1 Å². The van der Waals surface area contributed by atoms with Crippen LogP contribution < -0.4 is 0 Å². The van der Waals surface area contributed by atoms with Gasteiger partial charge >= 0.3 is 0 Å². The van der Waals surface area contributed by atoms with Crippen LogP contribution in [0.4, 0.5) is 4.39 Å². The summed E-state index contributed by atoms with van der Waals surface area (Å²) in [4.78, 5) is 8.58. The van der Waals surface area contributed by atoms with Gasteiger partial charge in [-0.2, -0.15) is 0 Å². The van der Waals surface area contributed by atoms with Gasteiger partial charge in [-0.15, -0.1) is 0 Å². The highest BCUT2D eigenvalue weighted by Crippen LogP contribution is 2.31. The van der Waals surface area contributed by atoms with Gasteiger partial charge in [0.05, 0.1) is 11.4 Å². The lowest BCUT2D eigenvalue weighted by Crippen LogP contribution is -1.95. The summed E-state index contributed by atoms with van der Waals surface area (Å²) in [5.41, 5.74) is 2.62. The van der Waals surface area contributed by atoms with Crippen LogP contribution in [0.2, 0.25) is 5.15 Å². The molecule has 3 rings (SSSR count). The quantitative estimate of drug-likeness (QED) is 0.665. The number of rotatable bonds is 1. The second kappa shape index (κ2) is 4.31. The number of nitrogens with zero attached hydrogens (tertiary/aromatic N) is 2. The number of halogens is 2. The summed E-state index contributed by atoms with van der Waals surface area (Å²) < 4.78 is 18.8. The summed E-state index contributed by atoms with van der Waals surface area (Å²) in [6, 6.07) is 6.05. The number of aryl methyl sites for hydroxylation is 2. The van der Waals surface area contributed by atoms with E-state index in [-0.39, 0.29) is 11.0 Å². The maximum Gasteiger partial charge on any atom is 0.158 e. The zero-order valence-corrected chi connectivity index (χ0v) is 11.1. The Morgan fingerprint density at radius 3 is 2.63 bits per heavy atom. The summed E-state index contributed by atoms with van der Waals surface area (Å²) in [6.45, 7) is 3.69. The molecule has 1 aromatic carbocycles. The fourth-order valence-corrected chi connectivity index (χ4v) is 2.13. The van der Waals surface area contributed by atoms with E-state index in [1.807, 2.05) is 13.8 Å². The van der Waals surface area contributed by atoms with Crippen molar-refractivity contribution < 1.29 is 8.81 Å². The van der Waals surface area contributed by atoms with Crippen LogP contribution in [0.1, 0.15) is 11.4 Å². The third-order valence-electron chi connectivity index (χ3n) is 2.98. The zero-order chi connectivity index (χ0) is 13.6. The van der Waals surface area contributed by atoms with Crippen molar-refractivity contribution >= 4 is 22.6 Å². The molecule has 0 bridgehead atoms. The van der Waals surface area contributed by atoms with Crippen molar-refractivity contribution in [2.24, 2.45) is 0 Å². The van der Waals surface area contributed by atoms with E-state index in [1.165, 1.54) is 12.1 Å². The fourth-order valence-electron chi connectivity index (χ4n) is 1.86. The van der Waals surface area contributed by atoms with Gasteiger partial charge in [0.15, 0.2) is 10.9 Å². The highest BCUT2D eigenvalue weighted by molar-refractivity contribution is 6.31. The first-order valence-corrected chi connectivity index (χ1v) is 6.12. The lowest BCUT2D eigenvalue weighted by atomic mass is 10.2. The second-order valence-corrected chi connectivity index (χ2v) is 4.68. The van der Waals surface area contributed by atoms with Crippen molar-refractivity contribution in [1.82, 2.24) is 9.97 Å². The van der Waals surface area contributed by atoms with Gasteiger partial charge in [0.2, 0.25) is 0 Å². The minimum absolute atomic E-state index is 0.280. The number of hydrogen-bond acceptors (Lipinski definition) is 3. The highest BCUT2D eigenvalue weighted by atomic mass is 35.5. The van der Waals surface area contributed by atoms with E-state index in [4.69, 9.17) is 16.0 Å². The van der Waals surface area contributed by atoms with Crippen LogP contribution in [0.15, 0.2) is 28.7 Å². The maximum atomic E-state index is 13.1. The lowest BCUT2D eigenvalue weighted by molar-refractivity contribution is 0.617. The van der Waals surface area contributed by atoms with Crippen LogP contribution in [-0.2, 0) is 0 Å². The van der Waals surface area contributed by atoms with Gasteiger partial charge in [-0.3, -0.25) is 0 Å². The monoisotopic (exact) mass is 276 g/mol. The van der Waals surface area contributed by atoms with Crippen molar-refractivity contribution in [2.75, 3.05) is 0 Å². The number of furan rings is 1. The van der Waals surface area contributed by atoms with E-state index < -0.39 is 0 Å². The Morgan fingerprint density at radius 2 is 1.84 bits per heavy atom. The largest absolute Gasteiger partial charge is 0.454 e. The molecule has 96 valence electrons. The molecule has 0 amide bonds. The van der Waals surface area contributed by atoms with Crippen molar-refractivity contribution in [3.05, 3.63) is 46.6 Å². The van der Waals surface area contributed by atoms with Crippen LogP contribution in [0.3, 0.4) is 0 Å². The Hall–Kier alpha value is -1.94. The number of benzene rings is 1. The van der Waals surface area contributed by atoms with E-state index >= 15 is 0 Å². The molecule has 0 aliphatic heterocycles. The smallest absolute Gasteiger partial charge is 0.158 e. The third kappa shape index (κ3) is 2.08. The molecule has 5 heteroatoms. The minimum Gasteiger partial charge on any atom is -0.454 e. The molecule has 0 fully saturated rings. The molecule has 0 saturated heterocycles. The molecule has 2 heterocycles. The molecular formula is C14H10ClFN2O. The number of fused-ring (bicyclic) bond motifs is 1. The molecule has 0 aliphatic rings. The van der Waals surface area contributed by atoms with Gasteiger partial charge < -0.3 is 4.42 Å². The van der Waals surface area contributed by atoms with Gasteiger partial charge in [-0.1, -0.05) is 11.6 Å². The van der Waals surface area contributed by atoms with Crippen molar-refractivity contribution in [3.8, 4) is 11.5 Å². The van der Waals surface area contributed by atoms with Crippen LogP contribution in [0.25, 0.3) is 22.4 Å². The molecule has 19 heavy (non-hydrogen) atoms. The SMILES string of the molecule is Cc1nc(Cl)c(-c2cc3cc(F)ccc3o2)nc1C. The fraction of sp³-hybridized carbons (Fsp3) is 0.143. The Labute approximate surface area is 114 Å². The topological polar surface area (TPSA) is 38.9 Å². The summed E-state index contributed by atoms with van der Waals surface area (Å²) in [5, 5.41) is 0.953. The highest BCUT2D eigenvalue weighted by Gasteiger charge is 2.14. The van der Waals surface area contributed by atoms with Crippen LogP contribution in [0.5, 0.6) is 0 Å². The summed E-state index contributed by atoms with van der Waals surface area (Å²) in [7, 11) is 0. The molecule has 0 N–H and O–H groups in total. The lowest BCUT2D eigenvalue weighted by Gasteiger charge is -2.03. The summed E-state index contributed by atoms with van der Waals surface area (Å²) in [5.74, 6) is 0.179. The second-order valence-electron chi connectivity index (χ2n) is 4.33. The number of aromatic nitrogens is 2. The molecule has 0 saturated carbocycles. The first-order chi connectivity index (χ1) is 9.04. The Balaban J connectivity index is 2.21. The van der Waals surface area contributed by atoms with E-state index in [0.717, 1.165) is 11.4 Å². The molecular weight excluding hydrogens is 267 g/mol. The van der Waals surface area contributed by atoms with Crippen LogP contribution in [-0.4, -0.2) is 9.97 Å². The standard InChI is InChI=1S/C14H10ClFN2O/c1-7-8(2)18-14(15)13(17-7)12-6-9-5-10(16)3-4-11(9)19-12/h3-6H,1-2H3. The Kier molecular flexibility index (Phi) is 2.75. The molecule has 0 spiro atoms. The zero-order valence-electron chi connectivity index (χ0n) is 10.4.